The molecule has 12 nitrogen and oxygen atoms in total. The molecule has 2 aromatic carbocycles. The Morgan fingerprint density at radius 3 is 2.34 bits per heavy atom. The second-order valence-electron chi connectivity index (χ2n) is 9.03. The lowest BCUT2D eigenvalue weighted by Gasteiger charge is -2.37. The number of benzene rings is 2. The summed E-state index contributed by atoms with van der Waals surface area (Å²) in [6.07, 6.45) is -6.95. The third-order valence-corrected chi connectivity index (χ3v) is 6.47. The van der Waals surface area contributed by atoms with E-state index in [9.17, 15) is 24.9 Å². The molecule has 0 radical (unpaired) electrons. The fourth-order valence-corrected chi connectivity index (χ4v) is 4.11. The van der Waals surface area contributed by atoms with Crippen LogP contribution in [0.2, 0.25) is 0 Å². The quantitative estimate of drug-likeness (QED) is 0.305. The smallest absolute Gasteiger partial charge is 0.414 e. The fourth-order valence-electron chi connectivity index (χ4n) is 4.11. The molecule has 204 valence electrons. The van der Waals surface area contributed by atoms with Crippen LogP contribution in [0.15, 0.2) is 59.4 Å². The second-order valence-corrected chi connectivity index (χ2v) is 9.03. The topological polar surface area (TPSA) is 145 Å². The number of aromatic nitrogens is 2. The van der Waals surface area contributed by atoms with Crippen molar-refractivity contribution in [1.29, 1.82) is 0 Å². The summed E-state index contributed by atoms with van der Waals surface area (Å²) in [5.74, 6) is 0.266. The summed E-state index contributed by atoms with van der Waals surface area (Å²) in [5.41, 5.74) is 1.78. The first-order chi connectivity index (χ1) is 18.1. The number of carbonyl (C=O) groups excluding carboxylic acids is 1. The monoisotopic (exact) mass is 529 g/mol. The van der Waals surface area contributed by atoms with Crippen molar-refractivity contribution in [2.45, 2.75) is 51.2 Å². The van der Waals surface area contributed by atoms with Crippen LogP contribution < -0.4 is 15.3 Å². The molecule has 1 aromatic heterocycles. The van der Waals surface area contributed by atoms with Crippen LogP contribution in [0.5, 0.6) is 5.75 Å². The minimum atomic E-state index is -1.50. The van der Waals surface area contributed by atoms with Crippen LogP contribution in [0.25, 0.3) is 5.69 Å². The van der Waals surface area contributed by atoms with Gasteiger partial charge in [-0.3, -0.25) is 14.4 Å². The lowest BCUT2D eigenvalue weighted by atomic mass is 10.0. The van der Waals surface area contributed by atoms with Crippen molar-refractivity contribution in [3.63, 3.8) is 0 Å². The van der Waals surface area contributed by atoms with Crippen LogP contribution in [0.3, 0.4) is 0 Å². The van der Waals surface area contributed by atoms with E-state index < -0.39 is 36.8 Å². The SMILES string of the molecule is Cc1c(N(C)C(=O)OCc2ccc(OO[C@@H]3O[C@H](C)[C@@H](O)[C@H](O)[C@H]3O)cc2)c(=O)n(-c2ccccc2)n1C. The van der Waals surface area contributed by atoms with Crippen LogP contribution in [-0.4, -0.2) is 68.5 Å². The van der Waals surface area contributed by atoms with Gasteiger partial charge in [0.25, 0.3) is 5.56 Å². The molecule has 0 unspecified atom stereocenters. The Kier molecular flexibility index (Phi) is 8.19. The highest BCUT2D eigenvalue weighted by Crippen LogP contribution is 2.23. The zero-order valence-corrected chi connectivity index (χ0v) is 21.4. The maximum Gasteiger partial charge on any atom is 0.414 e. The first-order valence-corrected chi connectivity index (χ1v) is 12.0. The Morgan fingerprint density at radius 2 is 1.68 bits per heavy atom. The second kappa shape index (κ2) is 11.4. The molecule has 1 amide bonds. The number of ether oxygens (including phenoxy) is 2. The number of carbonyl (C=O) groups is 1. The van der Waals surface area contributed by atoms with E-state index in [-0.39, 0.29) is 23.6 Å². The molecule has 12 heteroatoms. The lowest BCUT2D eigenvalue weighted by Crippen LogP contribution is -2.57. The Morgan fingerprint density at radius 1 is 1.03 bits per heavy atom. The van der Waals surface area contributed by atoms with Crippen molar-refractivity contribution < 1.29 is 39.4 Å². The molecule has 1 aliphatic heterocycles. The van der Waals surface area contributed by atoms with Crippen LogP contribution in [0.1, 0.15) is 18.2 Å². The standard InChI is InChI=1S/C26H31N3O9/c1-15-20(24(33)29(28(15)4)18-8-6-5-7-9-18)27(3)26(34)35-14-17-10-12-19(13-11-17)37-38-25-23(32)22(31)21(30)16(2)36-25/h5-13,16,21-23,25,30-32H,14H2,1-4H3/t16-,21-,22+,23-,25+/m1/s1. The third kappa shape index (κ3) is 5.44. The molecule has 4 rings (SSSR count). The highest BCUT2D eigenvalue weighted by molar-refractivity contribution is 5.87. The number of rotatable bonds is 7. The molecule has 0 spiro atoms. The number of amides is 1. The van der Waals surface area contributed by atoms with Crippen molar-refractivity contribution >= 4 is 11.8 Å². The van der Waals surface area contributed by atoms with Gasteiger partial charge in [-0.2, -0.15) is 4.89 Å². The zero-order chi connectivity index (χ0) is 27.6. The van der Waals surface area contributed by atoms with Gasteiger partial charge in [0.05, 0.1) is 17.5 Å². The summed E-state index contributed by atoms with van der Waals surface area (Å²) in [5, 5.41) is 29.6. The minimum Gasteiger partial charge on any atom is -0.444 e. The molecule has 2 heterocycles. The number of para-hydroxylation sites is 1. The van der Waals surface area contributed by atoms with Crippen molar-refractivity contribution in [1.82, 2.24) is 9.36 Å². The molecule has 0 bridgehead atoms. The minimum absolute atomic E-state index is 0.0604. The molecule has 1 aliphatic rings. The highest BCUT2D eigenvalue weighted by Gasteiger charge is 2.43. The molecule has 3 aromatic rings. The molecule has 3 N–H and O–H groups in total. The van der Waals surface area contributed by atoms with Crippen molar-refractivity contribution in [2.24, 2.45) is 7.05 Å². The number of anilines is 1. The molecule has 5 atom stereocenters. The average Bonchev–Trinajstić information content (AvgIpc) is 3.15. The maximum absolute atomic E-state index is 13.1. The van der Waals surface area contributed by atoms with E-state index in [1.165, 1.54) is 23.6 Å². The average molecular weight is 530 g/mol. The van der Waals surface area contributed by atoms with E-state index >= 15 is 0 Å². The maximum atomic E-state index is 13.1. The van der Waals surface area contributed by atoms with E-state index in [4.69, 9.17) is 19.2 Å². The van der Waals surface area contributed by atoms with Crippen LogP contribution in [-0.2, 0) is 28.0 Å². The van der Waals surface area contributed by atoms with Gasteiger partial charge >= 0.3 is 6.09 Å². The molecule has 0 saturated carbocycles. The van der Waals surface area contributed by atoms with Gasteiger partial charge in [-0.25, -0.2) is 9.48 Å². The number of hydrogen-bond acceptors (Lipinski definition) is 9. The van der Waals surface area contributed by atoms with E-state index in [2.05, 4.69) is 0 Å². The number of hydrogen-bond donors (Lipinski definition) is 3. The van der Waals surface area contributed by atoms with Gasteiger partial charge in [0.1, 0.15) is 30.6 Å². The summed E-state index contributed by atoms with van der Waals surface area (Å²) in [6.45, 7) is 3.22. The van der Waals surface area contributed by atoms with Gasteiger partial charge in [0, 0.05) is 14.1 Å². The van der Waals surface area contributed by atoms with E-state index in [0.29, 0.717) is 16.9 Å². The predicted molar refractivity (Wildman–Crippen MR) is 135 cm³/mol. The number of aliphatic hydroxyl groups excluding tert-OH is 3. The summed E-state index contributed by atoms with van der Waals surface area (Å²) in [4.78, 5) is 37.3. The molecule has 1 fully saturated rings. The van der Waals surface area contributed by atoms with Crippen LogP contribution in [0, 0.1) is 6.92 Å². The Hall–Kier alpha value is -3.68. The lowest BCUT2D eigenvalue weighted by molar-refractivity contribution is -0.383. The van der Waals surface area contributed by atoms with Crippen LogP contribution in [0.4, 0.5) is 10.5 Å². The van der Waals surface area contributed by atoms with Crippen molar-refractivity contribution in [3.05, 3.63) is 76.2 Å². The zero-order valence-electron chi connectivity index (χ0n) is 21.4. The molecule has 0 aliphatic carbocycles. The van der Waals surface area contributed by atoms with E-state index in [1.54, 1.807) is 55.1 Å². The van der Waals surface area contributed by atoms with E-state index in [1.807, 2.05) is 18.2 Å². The van der Waals surface area contributed by atoms with Gasteiger partial charge in [-0.15, -0.1) is 0 Å². The largest absolute Gasteiger partial charge is 0.444 e. The fraction of sp³-hybridized carbons (Fsp3) is 0.385. The van der Waals surface area contributed by atoms with Gasteiger partial charge in [0.15, 0.2) is 5.75 Å². The normalized spacial score (nSPS) is 23.2. The Labute approximate surface area is 218 Å². The van der Waals surface area contributed by atoms with Gasteiger partial charge in [-0.05, 0) is 43.7 Å². The van der Waals surface area contributed by atoms with E-state index in [0.717, 1.165) is 0 Å². The highest BCUT2D eigenvalue weighted by atomic mass is 17.2. The molecular weight excluding hydrogens is 498 g/mol. The third-order valence-electron chi connectivity index (χ3n) is 6.47. The first-order valence-electron chi connectivity index (χ1n) is 12.0. The summed E-state index contributed by atoms with van der Waals surface area (Å²) < 4.78 is 13.9. The number of aliphatic hydroxyl groups is 3. The Balaban J connectivity index is 1.35. The first kappa shape index (κ1) is 27.4. The predicted octanol–water partition coefficient (Wildman–Crippen LogP) is 1.40. The summed E-state index contributed by atoms with van der Waals surface area (Å²) >= 11 is 0. The summed E-state index contributed by atoms with van der Waals surface area (Å²) in [6, 6.07) is 15.5. The van der Waals surface area contributed by atoms with Crippen molar-refractivity contribution in [2.75, 3.05) is 11.9 Å². The summed E-state index contributed by atoms with van der Waals surface area (Å²) in [7, 11) is 3.22. The molecular formula is C26H31N3O9. The number of nitrogens with zero attached hydrogens (tertiary/aromatic N) is 3. The van der Waals surface area contributed by atoms with Gasteiger partial charge in [-0.1, -0.05) is 30.3 Å². The Bertz CT molecular complexity index is 1310. The molecule has 1 saturated heterocycles. The molecule has 38 heavy (non-hydrogen) atoms. The van der Waals surface area contributed by atoms with Gasteiger partial charge in [0.2, 0.25) is 6.29 Å². The van der Waals surface area contributed by atoms with Crippen LogP contribution >= 0.6 is 0 Å². The van der Waals surface area contributed by atoms with Gasteiger partial charge < -0.3 is 29.7 Å². The van der Waals surface area contributed by atoms with Crippen molar-refractivity contribution in [3.8, 4) is 11.4 Å².